The molecule has 144 valence electrons. The highest BCUT2D eigenvalue weighted by Gasteiger charge is 2.43. The molecule has 1 aliphatic heterocycles. The molecule has 1 aliphatic rings. The Balaban J connectivity index is 2.56. The van der Waals surface area contributed by atoms with Crippen molar-refractivity contribution >= 4 is 29.7 Å². The number of hydrogen-bond acceptors (Lipinski definition) is 7. The first-order chi connectivity index (χ1) is 12.1. The summed E-state index contributed by atoms with van der Waals surface area (Å²) in [6.45, 7) is -0.502. The van der Waals surface area contributed by atoms with Crippen molar-refractivity contribution in [1.29, 1.82) is 0 Å². The van der Waals surface area contributed by atoms with E-state index >= 15 is 0 Å². The maximum atomic E-state index is 12.1. The Hall–Kier alpha value is -2.76. The van der Waals surface area contributed by atoms with E-state index in [4.69, 9.17) is 5.73 Å². The summed E-state index contributed by atoms with van der Waals surface area (Å²) in [6, 6.07) is -1.53. The van der Waals surface area contributed by atoms with Gasteiger partial charge in [-0.25, -0.2) is 9.59 Å². The van der Waals surface area contributed by atoms with E-state index in [9.17, 15) is 37.1 Å². The van der Waals surface area contributed by atoms with Crippen LogP contribution in [0.3, 0.4) is 0 Å². The molecule has 1 heterocycles. The van der Waals surface area contributed by atoms with Crippen LogP contribution in [0.25, 0.3) is 0 Å². The molecule has 0 fully saturated rings. The Kier molecular flexibility index (Phi) is 7.43. The van der Waals surface area contributed by atoms with Crippen molar-refractivity contribution in [3.8, 4) is 0 Å². The number of hydrogen-bond donors (Lipinski definition) is 2. The maximum Gasteiger partial charge on any atom is 0.491 e. The molecule has 3 N–H and O–H groups in total. The van der Waals surface area contributed by atoms with E-state index < -0.39 is 48.4 Å². The average Bonchev–Trinajstić information content (AvgIpc) is 2.87. The number of unbranched alkanes of at least 4 members (excludes halogenated alkanes) is 1. The van der Waals surface area contributed by atoms with Gasteiger partial charge < -0.3 is 15.8 Å². The monoisotopic (exact) mass is 379 g/mol. The second kappa shape index (κ2) is 9.08. The van der Waals surface area contributed by atoms with Crippen LogP contribution in [-0.4, -0.2) is 59.9 Å². The molecule has 0 aromatic rings. The number of rotatable bonds is 8. The molecule has 0 unspecified atom stereocenters. The van der Waals surface area contributed by atoms with Crippen molar-refractivity contribution in [2.45, 2.75) is 31.5 Å². The Morgan fingerprint density at radius 1 is 1.15 bits per heavy atom. The molecule has 0 aliphatic carbocycles. The Bertz CT molecular complexity index is 614. The number of alkyl halides is 3. The smallest absolute Gasteiger partial charge is 0.385 e. The van der Waals surface area contributed by atoms with Gasteiger partial charge in [0.25, 0.3) is 11.8 Å². The minimum Gasteiger partial charge on any atom is -0.385 e. The maximum absolute atomic E-state index is 12.1. The molecule has 1 atom stereocenters. The van der Waals surface area contributed by atoms with Crippen molar-refractivity contribution in [3.63, 3.8) is 0 Å². The summed E-state index contributed by atoms with van der Waals surface area (Å²) in [5, 5.41) is 2.05. The number of nitrogens with two attached hydrogens (primary N) is 1. The van der Waals surface area contributed by atoms with Crippen LogP contribution < -0.4 is 11.1 Å². The van der Waals surface area contributed by atoms with Crippen LogP contribution >= 0.6 is 0 Å². The summed E-state index contributed by atoms with van der Waals surface area (Å²) in [4.78, 5) is 57.3. The van der Waals surface area contributed by atoms with Gasteiger partial charge in [0.1, 0.15) is 6.04 Å². The van der Waals surface area contributed by atoms with Gasteiger partial charge in [0.15, 0.2) is 0 Å². The summed E-state index contributed by atoms with van der Waals surface area (Å²) in [7, 11) is 0. The highest BCUT2D eigenvalue weighted by molar-refractivity contribution is 6.12. The minimum atomic E-state index is -5.36. The Morgan fingerprint density at radius 2 is 1.73 bits per heavy atom. The van der Waals surface area contributed by atoms with Gasteiger partial charge in [-0.15, -0.1) is 0 Å². The Morgan fingerprint density at radius 3 is 2.23 bits per heavy atom. The third kappa shape index (κ3) is 6.27. The van der Waals surface area contributed by atoms with Crippen LogP contribution in [0.4, 0.5) is 13.2 Å². The third-order valence-corrected chi connectivity index (χ3v) is 3.25. The minimum absolute atomic E-state index is 0.0265. The van der Waals surface area contributed by atoms with Gasteiger partial charge in [-0.3, -0.25) is 19.3 Å². The number of nitrogens with zero attached hydrogens (tertiary/aromatic N) is 1. The zero-order valence-electron chi connectivity index (χ0n) is 13.4. The van der Waals surface area contributed by atoms with Crippen molar-refractivity contribution < 1.29 is 41.9 Å². The quantitative estimate of drug-likeness (QED) is 0.243. The molecule has 0 saturated carbocycles. The van der Waals surface area contributed by atoms with Crippen LogP contribution in [0.1, 0.15) is 19.3 Å². The lowest BCUT2D eigenvalue weighted by Gasteiger charge is -2.18. The van der Waals surface area contributed by atoms with E-state index in [1.165, 1.54) is 0 Å². The van der Waals surface area contributed by atoms with Gasteiger partial charge in [-0.1, -0.05) is 0 Å². The molecule has 9 nitrogen and oxygen atoms in total. The molecule has 0 saturated heterocycles. The summed E-state index contributed by atoms with van der Waals surface area (Å²) in [6.07, 6.45) is -3.00. The summed E-state index contributed by atoms with van der Waals surface area (Å²) in [5.74, 6) is -6.12. The van der Waals surface area contributed by atoms with Gasteiger partial charge in [0, 0.05) is 18.7 Å². The summed E-state index contributed by atoms with van der Waals surface area (Å²) < 4.78 is 40.1. The van der Waals surface area contributed by atoms with Gasteiger partial charge >= 0.3 is 18.1 Å². The van der Waals surface area contributed by atoms with E-state index in [1.54, 1.807) is 0 Å². The zero-order chi connectivity index (χ0) is 19.9. The van der Waals surface area contributed by atoms with E-state index in [0.29, 0.717) is 0 Å². The highest BCUT2D eigenvalue weighted by atomic mass is 19.4. The number of carbonyl (C=O) groups is 5. The fourth-order valence-electron chi connectivity index (χ4n) is 1.99. The highest BCUT2D eigenvalue weighted by Crippen LogP contribution is 2.17. The number of esters is 2. The van der Waals surface area contributed by atoms with Crippen LogP contribution in [0.5, 0.6) is 0 Å². The van der Waals surface area contributed by atoms with Gasteiger partial charge in [0.2, 0.25) is 5.91 Å². The van der Waals surface area contributed by atoms with E-state index in [1.807, 2.05) is 0 Å². The number of carbonyl (C=O) groups excluding carboxylic acids is 5. The molecule has 0 aromatic heterocycles. The molecule has 12 heteroatoms. The van der Waals surface area contributed by atoms with Crippen LogP contribution in [0, 0.1) is 0 Å². The topological polar surface area (TPSA) is 136 Å². The van der Waals surface area contributed by atoms with E-state index in [2.05, 4.69) is 10.1 Å². The van der Waals surface area contributed by atoms with Gasteiger partial charge in [-0.05, 0) is 19.3 Å². The summed E-state index contributed by atoms with van der Waals surface area (Å²) in [5.41, 5.74) is 5.06. The lowest BCUT2D eigenvalue weighted by molar-refractivity contribution is -0.202. The van der Waals surface area contributed by atoms with Crippen LogP contribution in [0.15, 0.2) is 12.2 Å². The van der Waals surface area contributed by atoms with Crippen molar-refractivity contribution in [3.05, 3.63) is 12.2 Å². The van der Waals surface area contributed by atoms with Crippen molar-refractivity contribution in [2.75, 3.05) is 13.1 Å². The standard InChI is InChI=1S/C14H16F3N3O6/c15-14(16,17)13(25)26-12(24)8(19-9(21)7-18)3-1-2-6-20-10(22)4-5-11(20)23/h4-5,8H,1-3,6-7,18H2,(H,19,21)/t8-/m0/s1. The van der Waals surface area contributed by atoms with Crippen LogP contribution in [-0.2, 0) is 28.7 Å². The molecule has 26 heavy (non-hydrogen) atoms. The van der Waals surface area contributed by atoms with E-state index in [0.717, 1.165) is 17.1 Å². The van der Waals surface area contributed by atoms with Crippen LogP contribution in [0.2, 0.25) is 0 Å². The molecule has 3 amide bonds. The fourth-order valence-corrected chi connectivity index (χ4v) is 1.99. The number of amides is 3. The SMILES string of the molecule is NCC(=O)N[C@@H](CCCCN1C(=O)C=CC1=O)C(=O)OC(=O)C(F)(F)F. The van der Waals surface area contributed by atoms with Crippen molar-refractivity contribution in [1.82, 2.24) is 10.2 Å². The molecule has 1 rings (SSSR count). The molecule has 0 aromatic carbocycles. The number of ether oxygens (including phenoxy) is 1. The molecule has 0 radical (unpaired) electrons. The predicted molar refractivity (Wildman–Crippen MR) is 77.9 cm³/mol. The number of nitrogens with one attached hydrogen (secondary N) is 1. The van der Waals surface area contributed by atoms with Gasteiger partial charge in [0.05, 0.1) is 6.54 Å². The second-order valence-corrected chi connectivity index (χ2v) is 5.19. The third-order valence-electron chi connectivity index (χ3n) is 3.25. The normalized spacial score (nSPS) is 15.2. The average molecular weight is 379 g/mol. The first-order valence-corrected chi connectivity index (χ1v) is 7.42. The van der Waals surface area contributed by atoms with Gasteiger partial charge in [-0.2, -0.15) is 13.2 Å². The van der Waals surface area contributed by atoms with Crippen molar-refractivity contribution in [2.24, 2.45) is 5.73 Å². The largest absolute Gasteiger partial charge is 0.491 e. The Labute approximate surface area is 145 Å². The molecular weight excluding hydrogens is 363 g/mol. The number of halogens is 3. The summed E-state index contributed by atoms with van der Waals surface area (Å²) >= 11 is 0. The molecule has 0 bridgehead atoms. The fraction of sp³-hybridized carbons (Fsp3) is 0.500. The number of imide groups is 1. The second-order valence-electron chi connectivity index (χ2n) is 5.19. The molecule has 0 spiro atoms. The first kappa shape index (κ1) is 21.3. The first-order valence-electron chi connectivity index (χ1n) is 7.42. The molecular formula is C14H16F3N3O6. The lowest BCUT2D eigenvalue weighted by atomic mass is 10.1. The lowest BCUT2D eigenvalue weighted by Crippen LogP contribution is -2.46. The predicted octanol–water partition coefficient (Wildman–Crippen LogP) is -0.843. The van der Waals surface area contributed by atoms with E-state index in [-0.39, 0.29) is 25.8 Å². The zero-order valence-corrected chi connectivity index (χ0v) is 13.4.